The van der Waals surface area contributed by atoms with E-state index in [1.165, 1.54) is 0 Å². The number of rotatable bonds is 2. The van der Waals surface area contributed by atoms with Gasteiger partial charge < -0.3 is 10.1 Å². The molecule has 1 fully saturated rings. The third-order valence-electron chi connectivity index (χ3n) is 4.13. The van der Waals surface area contributed by atoms with E-state index in [0.717, 1.165) is 50.0 Å². The normalized spacial score (nSPS) is 23.6. The van der Waals surface area contributed by atoms with E-state index < -0.39 is 0 Å². The molecule has 6 nitrogen and oxygen atoms in total. The highest BCUT2D eigenvalue weighted by molar-refractivity contribution is 5.82. The average molecular weight is 276 g/mol. The summed E-state index contributed by atoms with van der Waals surface area (Å²) in [5, 5.41) is 3.00. The molecule has 1 aromatic heterocycles. The molecule has 0 aromatic carbocycles. The van der Waals surface area contributed by atoms with Crippen LogP contribution in [0, 0.1) is 0 Å². The van der Waals surface area contributed by atoms with Crippen LogP contribution >= 0.6 is 0 Å². The summed E-state index contributed by atoms with van der Waals surface area (Å²) in [7, 11) is 1.62. The van der Waals surface area contributed by atoms with Crippen LogP contribution in [0.3, 0.4) is 0 Å². The zero-order valence-corrected chi connectivity index (χ0v) is 11.8. The van der Waals surface area contributed by atoms with Gasteiger partial charge in [-0.1, -0.05) is 0 Å². The lowest BCUT2D eigenvalue weighted by atomic mass is 10.0. The third kappa shape index (κ3) is 2.47. The number of methoxy groups -OCH3 is 1. The predicted molar refractivity (Wildman–Crippen MR) is 73.3 cm³/mol. The van der Waals surface area contributed by atoms with E-state index in [1.807, 2.05) is 0 Å². The van der Waals surface area contributed by atoms with E-state index in [0.29, 0.717) is 12.4 Å². The molecular formula is C14H20N4O2. The number of nitrogens with one attached hydrogen (secondary N) is 1. The molecule has 0 saturated carbocycles. The summed E-state index contributed by atoms with van der Waals surface area (Å²) in [6, 6.07) is -0.0319. The largest absolute Gasteiger partial charge is 0.481 e. The fourth-order valence-corrected chi connectivity index (χ4v) is 3.05. The zero-order chi connectivity index (χ0) is 13.9. The maximum atomic E-state index is 12.2. The molecule has 3 rings (SSSR count). The van der Waals surface area contributed by atoms with Gasteiger partial charge in [0.25, 0.3) is 0 Å². The molecule has 3 heterocycles. The highest BCUT2D eigenvalue weighted by atomic mass is 16.5. The maximum absolute atomic E-state index is 12.2. The fourth-order valence-electron chi connectivity index (χ4n) is 3.05. The number of ether oxygens (including phenoxy) is 1. The number of fused-ring (bicyclic) bond motifs is 1. The summed E-state index contributed by atoms with van der Waals surface area (Å²) < 4.78 is 5.32. The van der Waals surface area contributed by atoms with Gasteiger partial charge in [0.2, 0.25) is 11.8 Å². The summed E-state index contributed by atoms with van der Waals surface area (Å²) >= 11 is 0. The predicted octanol–water partition coefficient (Wildman–Crippen LogP) is 0.512. The van der Waals surface area contributed by atoms with Gasteiger partial charge >= 0.3 is 0 Å². The highest BCUT2D eigenvalue weighted by Gasteiger charge is 2.31. The molecule has 108 valence electrons. The van der Waals surface area contributed by atoms with Crippen LogP contribution in [0.15, 0.2) is 6.33 Å². The Morgan fingerprint density at radius 2 is 2.30 bits per heavy atom. The van der Waals surface area contributed by atoms with Gasteiger partial charge in [0.1, 0.15) is 6.33 Å². The Bertz CT molecular complexity index is 492. The maximum Gasteiger partial charge on any atom is 0.237 e. The van der Waals surface area contributed by atoms with Crippen LogP contribution in [-0.4, -0.2) is 47.0 Å². The van der Waals surface area contributed by atoms with Crippen molar-refractivity contribution in [3.8, 4) is 5.88 Å². The summed E-state index contributed by atoms with van der Waals surface area (Å²) in [6.45, 7) is 2.36. The van der Waals surface area contributed by atoms with Crippen molar-refractivity contribution in [3.05, 3.63) is 17.6 Å². The lowest BCUT2D eigenvalue weighted by Gasteiger charge is -2.33. The molecule has 1 saturated heterocycles. The number of carbonyl (C=O) groups excluding carboxylic acids is 1. The van der Waals surface area contributed by atoms with Crippen LogP contribution in [0.1, 0.15) is 30.5 Å². The standard InChI is InChI=1S/C14H20N4O2/c1-20-14-10-8-18(7-5-11(10)16-9-17-14)12-4-2-3-6-15-13(12)19/h9,12H,2-8H2,1H3,(H,15,19). The first-order valence-corrected chi connectivity index (χ1v) is 7.18. The van der Waals surface area contributed by atoms with Crippen molar-refractivity contribution < 1.29 is 9.53 Å². The number of hydrogen-bond donors (Lipinski definition) is 1. The minimum atomic E-state index is -0.0319. The molecule has 0 spiro atoms. The number of hydrogen-bond acceptors (Lipinski definition) is 5. The van der Waals surface area contributed by atoms with Crippen molar-refractivity contribution >= 4 is 5.91 Å². The Balaban J connectivity index is 1.82. The first-order chi connectivity index (χ1) is 9.79. The second-order valence-electron chi connectivity index (χ2n) is 5.33. The fraction of sp³-hybridized carbons (Fsp3) is 0.643. The van der Waals surface area contributed by atoms with E-state index in [2.05, 4.69) is 20.2 Å². The lowest BCUT2D eigenvalue weighted by molar-refractivity contribution is -0.126. The minimum Gasteiger partial charge on any atom is -0.481 e. The summed E-state index contributed by atoms with van der Waals surface area (Å²) in [5.41, 5.74) is 2.07. The summed E-state index contributed by atoms with van der Waals surface area (Å²) in [5.74, 6) is 0.787. The molecule has 0 bridgehead atoms. The Kier molecular flexibility index (Phi) is 3.82. The van der Waals surface area contributed by atoms with Gasteiger partial charge in [-0.3, -0.25) is 9.69 Å². The zero-order valence-electron chi connectivity index (χ0n) is 11.8. The molecule has 2 aliphatic rings. The van der Waals surface area contributed by atoms with Crippen molar-refractivity contribution in [1.29, 1.82) is 0 Å². The first kappa shape index (κ1) is 13.3. The van der Waals surface area contributed by atoms with E-state index in [-0.39, 0.29) is 11.9 Å². The van der Waals surface area contributed by atoms with E-state index in [4.69, 9.17) is 4.74 Å². The molecule has 1 amide bonds. The van der Waals surface area contributed by atoms with Crippen molar-refractivity contribution in [2.45, 2.75) is 38.3 Å². The quantitative estimate of drug-likeness (QED) is 0.852. The van der Waals surface area contributed by atoms with Crippen LogP contribution in [0.4, 0.5) is 0 Å². The minimum absolute atomic E-state index is 0.0319. The van der Waals surface area contributed by atoms with Crippen LogP contribution in [0.5, 0.6) is 5.88 Å². The van der Waals surface area contributed by atoms with Crippen LogP contribution in [-0.2, 0) is 17.8 Å². The first-order valence-electron chi connectivity index (χ1n) is 7.18. The molecule has 2 aliphatic heterocycles. The van der Waals surface area contributed by atoms with Crippen LogP contribution < -0.4 is 10.1 Å². The van der Waals surface area contributed by atoms with E-state index in [9.17, 15) is 4.79 Å². The number of nitrogens with zero attached hydrogens (tertiary/aromatic N) is 3. The second kappa shape index (κ2) is 5.75. The molecule has 6 heteroatoms. The van der Waals surface area contributed by atoms with Crippen molar-refractivity contribution in [2.24, 2.45) is 0 Å². The molecule has 0 aliphatic carbocycles. The van der Waals surface area contributed by atoms with Gasteiger partial charge in [-0.05, 0) is 19.3 Å². The molecule has 1 aromatic rings. The SMILES string of the molecule is COc1ncnc2c1CN(C1CCCCNC1=O)CC2. The topological polar surface area (TPSA) is 67.4 Å². The molecule has 20 heavy (non-hydrogen) atoms. The van der Waals surface area contributed by atoms with E-state index >= 15 is 0 Å². The Morgan fingerprint density at radius 1 is 1.40 bits per heavy atom. The molecule has 1 unspecified atom stereocenters. The Labute approximate surface area is 118 Å². The molecular weight excluding hydrogens is 256 g/mol. The van der Waals surface area contributed by atoms with Gasteiger partial charge in [-0.2, -0.15) is 0 Å². The van der Waals surface area contributed by atoms with Gasteiger partial charge in [-0.15, -0.1) is 0 Å². The number of carbonyl (C=O) groups is 1. The van der Waals surface area contributed by atoms with Crippen LogP contribution in [0.2, 0.25) is 0 Å². The van der Waals surface area contributed by atoms with Gasteiger partial charge in [0, 0.05) is 31.6 Å². The molecule has 1 N–H and O–H groups in total. The molecule has 1 atom stereocenters. The Morgan fingerprint density at radius 3 is 3.15 bits per heavy atom. The van der Waals surface area contributed by atoms with Gasteiger partial charge in [0.05, 0.1) is 18.8 Å². The number of amides is 1. The molecule has 0 radical (unpaired) electrons. The average Bonchev–Trinajstić information content (AvgIpc) is 2.70. The third-order valence-corrected chi connectivity index (χ3v) is 4.13. The van der Waals surface area contributed by atoms with E-state index in [1.54, 1.807) is 13.4 Å². The monoisotopic (exact) mass is 276 g/mol. The summed E-state index contributed by atoms with van der Waals surface area (Å²) in [4.78, 5) is 22.9. The second-order valence-corrected chi connectivity index (χ2v) is 5.33. The van der Waals surface area contributed by atoms with Crippen LogP contribution in [0.25, 0.3) is 0 Å². The van der Waals surface area contributed by atoms with Crippen molar-refractivity contribution in [1.82, 2.24) is 20.2 Å². The van der Waals surface area contributed by atoms with Gasteiger partial charge in [-0.25, -0.2) is 9.97 Å². The highest BCUT2D eigenvalue weighted by Crippen LogP contribution is 2.27. The van der Waals surface area contributed by atoms with Crippen molar-refractivity contribution in [2.75, 3.05) is 20.2 Å². The summed E-state index contributed by atoms with van der Waals surface area (Å²) in [6.07, 6.45) is 5.48. The Hall–Kier alpha value is -1.69. The lowest BCUT2D eigenvalue weighted by Crippen LogP contribution is -2.47. The van der Waals surface area contributed by atoms with Gasteiger partial charge in [0.15, 0.2) is 0 Å². The smallest absolute Gasteiger partial charge is 0.237 e. The number of aromatic nitrogens is 2. The van der Waals surface area contributed by atoms with Crippen molar-refractivity contribution in [3.63, 3.8) is 0 Å².